The monoisotopic (exact) mass is 372 g/mol. The molecule has 142 valence electrons. The molecule has 0 fully saturated rings. The lowest BCUT2D eigenvalue weighted by atomic mass is 10.2. The lowest BCUT2D eigenvalue weighted by Crippen LogP contribution is -2.24. The van der Waals surface area contributed by atoms with Crippen LogP contribution in [0.15, 0.2) is 42.5 Å². The Hall–Kier alpha value is -3.55. The first-order valence-corrected chi connectivity index (χ1v) is 8.02. The zero-order valence-corrected chi connectivity index (χ0v) is 15.0. The second-order valence-corrected chi connectivity index (χ2v) is 5.56. The summed E-state index contributed by atoms with van der Waals surface area (Å²) < 4.78 is 15.3. The lowest BCUT2D eigenvalue weighted by molar-refractivity contribution is -0.149. The maximum Gasteiger partial charge on any atom is 0.344 e. The number of rotatable bonds is 8. The van der Waals surface area contributed by atoms with Crippen molar-refractivity contribution in [1.29, 1.82) is 0 Å². The summed E-state index contributed by atoms with van der Waals surface area (Å²) >= 11 is 0. The fourth-order valence-electron chi connectivity index (χ4n) is 2.23. The number of hydrogen-bond acceptors (Lipinski definition) is 6. The van der Waals surface area contributed by atoms with Gasteiger partial charge >= 0.3 is 5.97 Å². The maximum atomic E-state index is 12.0. The number of ether oxygens (including phenoxy) is 3. The number of primary amides is 1. The Balaban J connectivity index is 1.85. The Morgan fingerprint density at radius 2 is 1.78 bits per heavy atom. The van der Waals surface area contributed by atoms with E-state index in [4.69, 9.17) is 19.9 Å². The Morgan fingerprint density at radius 3 is 2.48 bits per heavy atom. The molecule has 2 amide bonds. The number of anilines is 1. The number of carbonyl (C=O) groups is 3. The van der Waals surface area contributed by atoms with E-state index in [1.165, 1.54) is 19.2 Å². The average Bonchev–Trinajstić information content (AvgIpc) is 2.65. The summed E-state index contributed by atoms with van der Waals surface area (Å²) in [6, 6.07) is 11.5. The highest BCUT2D eigenvalue weighted by Crippen LogP contribution is 2.25. The predicted octanol–water partition coefficient (Wildman–Crippen LogP) is 1.66. The molecule has 0 aliphatic rings. The summed E-state index contributed by atoms with van der Waals surface area (Å²) in [6.07, 6.45) is 0. The van der Waals surface area contributed by atoms with Gasteiger partial charge in [0.05, 0.1) is 18.4 Å². The third-order valence-electron chi connectivity index (χ3n) is 3.49. The second-order valence-electron chi connectivity index (χ2n) is 5.56. The molecule has 8 nitrogen and oxygen atoms in total. The molecule has 0 atom stereocenters. The number of methoxy groups -OCH3 is 1. The van der Waals surface area contributed by atoms with Crippen LogP contribution in [-0.2, 0) is 14.3 Å². The molecule has 0 spiro atoms. The summed E-state index contributed by atoms with van der Waals surface area (Å²) in [6.45, 7) is 0.915. The van der Waals surface area contributed by atoms with E-state index < -0.39 is 31.0 Å². The average molecular weight is 372 g/mol. The fraction of sp³-hybridized carbons (Fsp3) is 0.211. The van der Waals surface area contributed by atoms with E-state index >= 15 is 0 Å². The van der Waals surface area contributed by atoms with Crippen LogP contribution < -0.4 is 20.5 Å². The van der Waals surface area contributed by atoms with Crippen LogP contribution in [0.1, 0.15) is 15.9 Å². The van der Waals surface area contributed by atoms with Crippen molar-refractivity contribution in [2.45, 2.75) is 6.92 Å². The SMILES string of the molecule is COc1ccc(C)cc1NC(=O)COC(=O)COc1ccccc1C(N)=O. The molecule has 2 aromatic carbocycles. The van der Waals surface area contributed by atoms with E-state index in [2.05, 4.69) is 5.32 Å². The number of esters is 1. The number of carbonyl (C=O) groups excluding carboxylic acids is 3. The Labute approximate surface area is 156 Å². The summed E-state index contributed by atoms with van der Waals surface area (Å²) in [5.74, 6) is -1.31. The molecule has 2 rings (SSSR count). The van der Waals surface area contributed by atoms with Crippen LogP contribution in [0.5, 0.6) is 11.5 Å². The first-order chi connectivity index (χ1) is 12.9. The Bertz CT molecular complexity index is 850. The summed E-state index contributed by atoms with van der Waals surface area (Å²) in [5, 5.41) is 2.61. The van der Waals surface area contributed by atoms with Gasteiger partial charge < -0.3 is 25.3 Å². The van der Waals surface area contributed by atoms with Gasteiger partial charge in [-0.05, 0) is 36.8 Å². The number of benzene rings is 2. The molecular formula is C19H20N2O6. The van der Waals surface area contributed by atoms with Gasteiger partial charge in [0.15, 0.2) is 13.2 Å². The molecule has 0 saturated heterocycles. The van der Waals surface area contributed by atoms with Gasteiger partial charge in [0.1, 0.15) is 11.5 Å². The number of hydrogen-bond donors (Lipinski definition) is 2. The van der Waals surface area contributed by atoms with E-state index in [0.29, 0.717) is 11.4 Å². The summed E-state index contributed by atoms with van der Waals surface area (Å²) in [4.78, 5) is 35.0. The highest BCUT2D eigenvalue weighted by molar-refractivity contribution is 5.96. The summed E-state index contributed by atoms with van der Waals surface area (Å²) in [7, 11) is 1.49. The van der Waals surface area contributed by atoms with Crippen LogP contribution >= 0.6 is 0 Å². The van der Waals surface area contributed by atoms with E-state index in [1.54, 1.807) is 24.3 Å². The van der Waals surface area contributed by atoms with Gasteiger partial charge in [-0.3, -0.25) is 9.59 Å². The molecule has 2 aromatic rings. The van der Waals surface area contributed by atoms with Crippen molar-refractivity contribution in [2.75, 3.05) is 25.6 Å². The van der Waals surface area contributed by atoms with Crippen molar-refractivity contribution >= 4 is 23.5 Å². The van der Waals surface area contributed by atoms with Crippen LogP contribution in [0.25, 0.3) is 0 Å². The highest BCUT2D eigenvalue weighted by Gasteiger charge is 2.13. The van der Waals surface area contributed by atoms with Crippen molar-refractivity contribution in [3.8, 4) is 11.5 Å². The minimum Gasteiger partial charge on any atom is -0.495 e. The Morgan fingerprint density at radius 1 is 1.04 bits per heavy atom. The van der Waals surface area contributed by atoms with Crippen LogP contribution in [0.2, 0.25) is 0 Å². The van der Waals surface area contributed by atoms with Gasteiger partial charge in [0.2, 0.25) is 0 Å². The molecule has 0 bridgehead atoms. The molecule has 0 aliphatic heterocycles. The van der Waals surface area contributed by atoms with E-state index in [-0.39, 0.29) is 11.3 Å². The van der Waals surface area contributed by atoms with Crippen LogP contribution in [-0.4, -0.2) is 38.1 Å². The largest absolute Gasteiger partial charge is 0.495 e. The van der Waals surface area contributed by atoms with Crippen molar-refractivity contribution in [3.05, 3.63) is 53.6 Å². The first kappa shape index (κ1) is 19.8. The second kappa shape index (κ2) is 9.23. The number of nitrogens with one attached hydrogen (secondary N) is 1. The van der Waals surface area contributed by atoms with Crippen molar-refractivity contribution in [1.82, 2.24) is 0 Å². The van der Waals surface area contributed by atoms with Gasteiger partial charge in [0.25, 0.3) is 11.8 Å². The van der Waals surface area contributed by atoms with Gasteiger partial charge in [-0.2, -0.15) is 0 Å². The molecule has 0 aliphatic carbocycles. The molecule has 0 radical (unpaired) electrons. The van der Waals surface area contributed by atoms with E-state index in [0.717, 1.165) is 5.56 Å². The molecule has 0 heterocycles. The highest BCUT2D eigenvalue weighted by atomic mass is 16.6. The first-order valence-electron chi connectivity index (χ1n) is 8.02. The zero-order valence-electron chi connectivity index (χ0n) is 15.0. The lowest BCUT2D eigenvalue weighted by Gasteiger charge is -2.12. The quantitative estimate of drug-likeness (QED) is 0.681. The molecule has 0 unspecified atom stereocenters. The zero-order chi connectivity index (χ0) is 19.8. The van der Waals surface area contributed by atoms with Crippen LogP contribution in [0, 0.1) is 6.92 Å². The smallest absolute Gasteiger partial charge is 0.344 e. The minimum absolute atomic E-state index is 0.148. The topological polar surface area (TPSA) is 117 Å². The molecular weight excluding hydrogens is 352 g/mol. The van der Waals surface area contributed by atoms with Gasteiger partial charge in [-0.1, -0.05) is 18.2 Å². The third-order valence-corrected chi connectivity index (χ3v) is 3.49. The molecule has 27 heavy (non-hydrogen) atoms. The molecule has 3 N–H and O–H groups in total. The standard InChI is InChI=1S/C19H20N2O6/c1-12-7-8-16(25-2)14(9-12)21-17(22)10-27-18(23)11-26-15-6-4-3-5-13(15)19(20)24/h3-9H,10-11H2,1-2H3,(H2,20,24)(H,21,22). The number of para-hydroxylation sites is 1. The minimum atomic E-state index is -0.763. The van der Waals surface area contributed by atoms with Crippen molar-refractivity contribution < 1.29 is 28.6 Å². The van der Waals surface area contributed by atoms with Gasteiger partial charge in [-0.25, -0.2) is 4.79 Å². The predicted molar refractivity (Wildman–Crippen MR) is 97.8 cm³/mol. The van der Waals surface area contributed by atoms with Crippen molar-refractivity contribution in [2.24, 2.45) is 5.73 Å². The van der Waals surface area contributed by atoms with E-state index in [9.17, 15) is 14.4 Å². The molecule has 8 heteroatoms. The molecule has 0 saturated carbocycles. The molecule has 0 aromatic heterocycles. The van der Waals surface area contributed by atoms with E-state index in [1.807, 2.05) is 13.0 Å². The van der Waals surface area contributed by atoms with Crippen LogP contribution in [0.4, 0.5) is 5.69 Å². The Kier molecular flexibility index (Phi) is 6.76. The van der Waals surface area contributed by atoms with Crippen LogP contribution in [0.3, 0.4) is 0 Å². The maximum absolute atomic E-state index is 12.0. The number of amides is 2. The summed E-state index contributed by atoms with van der Waals surface area (Å²) in [5.41, 5.74) is 6.79. The van der Waals surface area contributed by atoms with Gasteiger partial charge in [0, 0.05) is 0 Å². The number of aryl methyl sites for hydroxylation is 1. The third kappa shape index (κ3) is 5.74. The van der Waals surface area contributed by atoms with Crippen molar-refractivity contribution in [3.63, 3.8) is 0 Å². The van der Waals surface area contributed by atoms with Gasteiger partial charge in [-0.15, -0.1) is 0 Å². The number of nitrogens with two attached hydrogens (primary N) is 1. The normalized spacial score (nSPS) is 10.0. The fourth-order valence-corrected chi connectivity index (χ4v) is 2.23.